The third kappa shape index (κ3) is 2.85. The summed E-state index contributed by atoms with van der Waals surface area (Å²) in [6.45, 7) is 0. The van der Waals surface area contributed by atoms with Crippen LogP contribution in [0.15, 0.2) is 27.9 Å². The second-order valence-corrected chi connectivity index (χ2v) is 5.36. The summed E-state index contributed by atoms with van der Waals surface area (Å²) >= 11 is 2.18. The van der Waals surface area contributed by atoms with E-state index in [2.05, 4.69) is 4.98 Å². The lowest BCUT2D eigenvalue weighted by Crippen LogP contribution is -1.97. The van der Waals surface area contributed by atoms with E-state index in [4.69, 9.17) is 5.11 Å². The van der Waals surface area contributed by atoms with Crippen LogP contribution in [0.25, 0.3) is 11.3 Å². The number of carbonyl (C=O) groups is 1. The van der Waals surface area contributed by atoms with Crippen molar-refractivity contribution in [2.45, 2.75) is 4.34 Å². The van der Waals surface area contributed by atoms with Crippen molar-refractivity contribution in [1.29, 1.82) is 0 Å². The van der Waals surface area contributed by atoms with Gasteiger partial charge in [0.25, 0.3) is 0 Å². The molecule has 0 saturated carbocycles. The maximum absolute atomic E-state index is 13.5. The normalized spacial score (nSPS) is 10.6. The molecular formula is C11H7F2NO2S2. The Morgan fingerprint density at radius 3 is 2.67 bits per heavy atom. The maximum Gasteiger partial charge on any atom is 0.313 e. The smallest absolute Gasteiger partial charge is 0.313 e. The molecule has 94 valence electrons. The number of aromatic nitrogens is 1. The lowest BCUT2D eigenvalue weighted by atomic mass is 10.1. The van der Waals surface area contributed by atoms with Crippen LogP contribution in [0.3, 0.4) is 0 Å². The largest absolute Gasteiger partial charge is 0.481 e. The van der Waals surface area contributed by atoms with E-state index in [1.54, 1.807) is 0 Å². The summed E-state index contributed by atoms with van der Waals surface area (Å²) in [5, 5.41) is 10.0. The number of hydrogen-bond donors (Lipinski definition) is 1. The van der Waals surface area contributed by atoms with Crippen molar-refractivity contribution < 1.29 is 18.7 Å². The van der Waals surface area contributed by atoms with Gasteiger partial charge in [-0.15, -0.1) is 11.3 Å². The molecule has 18 heavy (non-hydrogen) atoms. The predicted molar refractivity (Wildman–Crippen MR) is 65.8 cm³/mol. The maximum atomic E-state index is 13.5. The molecular weight excluding hydrogens is 280 g/mol. The highest BCUT2D eigenvalue weighted by molar-refractivity contribution is 8.01. The predicted octanol–water partition coefficient (Wildman–Crippen LogP) is 3.27. The van der Waals surface area contributed by atoms with Crippen LogP contribution in [0, 0.1) is 11.6 Å². The minimum Gasteiger partial charge on any atom is -0.481 e. The van der Waals surface area contributed by atoms with Crippen LogP contribution in [0.2, 0.25) is 0 Å². The van der Waals surface area contributed by atoms with E-state index in [-0.39, 0.29) is 17.0 Å². The number of carboxylic acids is 1. The van der Waals surface area contributed by atoms with Crippen molar-refractivity contribution >= 4 is 29.1 Å². The first-order valence-corrected chi connectivity index (χ1v) is 6.69. The highest BCUT2D eigenvalue weighted by Gasteiger charge is 2.14. The Kier molecular flexibility index (Phi) is 3.93. The molecule has 1 heterocycles. The standard InChI is InChI=1S/C11H7F2NO2S2/c12-6-2-1-3-7(13)10(6)8-4-17-11(14-8)18-5-9(15)16/h1-4H,5H2,(H,15,16). The number of halogens is 2. The van der Waals surface area contributed by atoms with Gasteiger partial charge in [0, 0.05) is 5.38 Å². The Hall–Kier alpha value is -1.47. The minimum absolute atomic E-state index is 0.132. The van der Waals surface area contributed by atoms with Gasteiger partial charge in [0.05, 0.1) is 17.0 Å². The Morgan fingerprint density at radius 2 is 2.06 bits per heavy atom. The van der Waals surface area contributed by atoms with Gasteiger partial charge in [-0.3, -0.25) is 4.79 Å². The van der Waals surface area contributed by atoms with Gasteiger partial charge >= 0.3 is 5.97 Å². The van der Waals surface area contributed by atoms with Crippen LogP contribution in [0.1, 0.15) is 0 Å². The van der Waals surface area contributed by atoms with E-state index < -0.39 is 17.6 Å². The number of carboxylic acid groups (broad SMARTS) is 1. The SMILES string of the molecule is O=C(O)CSc1nc(-c2c(F)cccc2F)cs1. The first kappa shape index (κ1) is 13.0. The van der Waals surface area contributed by atoms with E-state index in [0.717, 1.165) is 35.2 Å². The van der Waals surface area contributed by atoms with Gasteiger partial charge in [-0.05, 0) is 12.1 Å². The number of aliphatic carboxylic acids is 1. The number of hydrogen-bond acceptors (Lipinski definition) is 4. The molecule has 7 heteroatoms. The molecule has 0 aliphatic rings. The summed E-state index contributed by atoms with van der Waals surface area (Å²) in [6.07, 6.45) is 0. The minimum atomic E-state index is -0.964. The van der Waals surface area contributed by atoms with Crippen LogP contribution in [-0.4, -0.2) is 21.8 Å². The second-order valence-electron chi connectivity index (χ2n) is 3.28. The molecule has 0 unspecified atom stereocenters. The molecule has 1 aromatic carbocycles. The van der Waals surface area contributed by atoms with Crippen LogP contribution in [0.5, 0.6) is 0 Å². The van der Waals surface area contributed by atoms with Crippen molar-refractivity contribution in [3.63, 3.8) is 0 Å². The summed E-state index contributed by atoms with van der Waals surface area (Å²) < 4.78 is 27.4. The zero-order valence-corrected chi connectivity index (χ0v) is 10.5. The molecule has 0 fully saturated rings. The Morgan fingerprint density at radius 1 is 1.39 bits per heavy atom. The number of thiazole rings is 1. The lowest BCUT2D eigenvalue weighted by molar-refractivity contribution is -0.133. The van der Waals surface area contributed by atoms with E-state index in [1.165, 1.54) is 11.4 Å². The van der Waals surface area contributed by atoms with Crippen molar-refractivity contribution in [2.24, 2.45) is 0 Å². The lowest BCUT2D eigenvalue weighted by Gasteiger charge is -2.00. The fourth-order valence-corrected chi connectivity index (χ4v) is 2.84. The molecule has 2 rings (SSSR count). The van der Waals surface area contributed by atoms with E-state index >= 15 is 0 Å². The average molecular weight is 287 g/mol. The van der Waals surface area contributed by atoms with Crippen LogP contribution in [-0.2, 0) is 4.79 Å². The van der Waals surface area contributed by atoms with Crippen LogP contribution in [0.4, 0.5) is 8.78 Å². The number of rotatable bonds is 4. The second kappa shape index (κ2) is 5.45. The summed E-state index contributed by atoms with van der Waals surface area (Å²) in [5.41, 5.74) is -0.000543. The van der Waals surface area contributed by atoms with Crippen LogP contribution < -0.4 is 0 Å². The summed E-state index contributed by atoms with van der Waals surface area (Å²) in [4.78, 5) is 14.4. The summed E-state index contributed by atoms with van der Waals surface area (Å²) in [5.74, 6) is -2.47. The molecule has 0 aliphatic carbocycles. The summed E-state index contributed by atoms with van der Waals surface area (Å²) in [6, 6.07) is 3.59. The van der Waals surface area contributed by atoms with Crippen molar-refractivity contribution in [3.8, 4) is 11.3 Å². The molecule has 0 bridgehead atoms. The Balaban J connectivity index is 2.27. The zero-order chi connectivity index (χ0) is 13.1. The quantitative estimate of drug-likeness (QED) is 0.877. The molecule has 0 radical (unpaired) electrons. The molecule has 0 amide bonds. The van der Waals surface area contributed by atoms with Crippen molar-refractivity contribution in [3.05, 3.63) is 35.2 Å². The summed E-state index contributed by atoms with van der Waals surface area (Å²) in [7, 11) is 0. The molecule has 3 nitrogen and oxygen atoms in total. The van der Waals surface area contributed by atoms with Gasteiger partial charge in [-0.25, -0.2) is 13.8 Å². The average Bonchev–Trinajstić information content (AvgIpc) is 2.75. The van der Waals surface area contributed by atoms with Gasteiger partial charge in [-0.2, -0.15) is 0 Å². The molecule has 0 aliphatic heterocycles. The monoisotopic (exact) mass is 287 g/mol. The van der Waals surface area contributed by atoms with E-state index in [9.17, 15) is 13.6 Å². The molecule has 1 N–H and O–H groups in total. The van der Waals surface area contributed by atoms with E-state index in [1.807, 2.05) is 0 Å². The third-order valence-corrected chi connectivity index (χ3v) is 4.03. The van der Waals surface area contributed by atoms with Gasteiger partial charge in [-0.1, -0.05) is 17.8 Å². The van der Waals surface area contributed by atoms with Gasteiger partial charge in [0.1, 0.15) is 11.6 Å². The van der Waals surface area contributed by atoms with E-state index in [0.29, 0.717) is 4.34 Å². The first-order valence-electron chi connectivity index (χ1n) is 4.82. The van der Waals surface area contributed by atoms with Crippen LogP contribution >= 0.6 is 23.1 Å². The Labute approximate surface area is 109 Å². The molecule has 0 atom stereocenters. The molecule has 0 saturated heterocycles. The molecule has 1 aromatic heterocycles. The molecule has 0 spiro atoms. The van der Waals surface area contributed by atoms with Crippen molar-refractivity contribution in [2.75, 3.05) is 5.75 Å². The van der Waals surface area contributed by atoms with Gasteiger partial charge in [0.15, 0.2) is 4.34 Å². The van der Waals surface area contributed by atoms with Gasteiger partial charge in [0.2, 0.25) is 0 Å². The number of nitrogens with zero attached hydrogens (tertiary/aromatic N) is 1. The number of benzene rings is 1. The fraction of sp³-hybridized carbons (Fsp3) is 0.0909. The fourth-order valence-electron chi connectivity index (χ4n) is 1.30. The topological polar surface area (TPSA) is 50.2 Å². The van der Waals surface area contributed by atoms with Crippen molar-refractivity contribution in [1.82, 2.24) is 4.98 Å². The first-order chi connectivity index (χ1) is 8.58. The zero-order valence-electron chi connectivity index (χ0n) is 8.89. The highest BCUT2D eigenvalue weighted by Crippen LogP contribution is 2.31. The third-order valence-electron chi connectivity index (χ3n) is 2.02. The number of thioether (sulfide) groups is 1. The van der Waals surface area contributed by atoms with Gasteiger partial charge < -0.3 is 5.11 Å². The molecule has 2 aromatic rings. The Bertz CT molecular complexity index is 566. The highest BCUT2D eigenvalue weighted by atomic mass is 32.2.